The van der Waals surface area contributed by atoms with Crippen LogP contribution in [0.15, 0.2) is 0 Å². The molecule has 0 aromatic carbocycles. The maximum Gasteiger partial charge on any atom is 0.313 e. The lowest BCUT2D eigenvalue weighted by atomic mass is 9.49. The minimum atomic E-state index is -0.489. The van der Waals surface area contributed by atoms with Gasteiger partial charge in [-0.2, -0.15) is 0 Å². The zero-order valence-electron chi connectivity index (χ0n) is 75.7. The lowest BCUT2D eigenvalue weighted by Crippen LogP contribution is -2.58. The molecule has 0 radical (unpaired) electrons. The third-order valence-electron chi connectivity index (χ3n) is 35.9. The molecule has 16 nitrogen and oxygen atoms in total. The molecule has 19 rings (SSSR count). The fraction of sp³-hybridized carbons (Fsp3) is 0.929. The molecule has 0 aromatic heterocycles. The molecule has 19 saturated carbocycles. The largest absolute Gasteiger partial charge is 0.465 e. The molecule has 0 aliphatic heterocycles. The van der Waals surface area contributed by atoms with E-state index in [1.54, 1.807) is 0 Å². The maximum atomic E-state index is 12.7. The van der Waals surface area contributed by atoms with Crippen molar-refractivity contribution in [1.82, 2.24) is 0 Å². The average molecular weight is 1590 g/mol. The van der Waals surface area contributed by atoms with Crippen molar-refractivity contribution in [2.75, 3.05) is 19.8 Å². The smallest absolute Gasteiger partial charge is 0.313 e. The maximum absolute atomic E-state index is 12.7. The van der Waals surface area contributed by atoms with Gasteiger partial charge in [0.05, 0.1) is 50.6 Å². The zero-order chi connectivity index (χ0) is 83.1. The Bertz CT molecular complexity index is 3310. The summed E-state index contributed by atoms with van der Waals surface area (Å²) in [6.45, 7) is 45.3. The minimum absolute atomic E-state index is 0.000595. The van der Waals surface area contributed by atoms with Gasteiger partial charge in [0.25, 0.3) is 0 Å². The molecule has 648 valence electrons. The third kappa shape index (κ3) is 18.2. The summed E-state index contributed by atoms with van der Waals surface area (Å²) in [5, 5.41) is 0. The number of fused-ring (bicyclic) bond motifs is 10. The minimum Gasteiger partial charge on any atom is -0.465 e. The standard InChI is InChI=1S/C21H36O2.C20H32O4.C20H32O3.C19H30O4.C18H30O3/c1-8-18(3,4)17(22)23-20(7)11-12-21-13-16(20)19(5,6)15(21)10-9-14(21)2;1-5-19(2,3)18(22)23-7-6-17(21)24-20(4)15-9-13-8-14(11-15)12-16(20)10-13;1-5-20(3,4)19(21)23-11(2)22-16-10-14-9-15(16)18-13-7-6-12(8-13)17(14)18;1-4-18(2,3)16(20)22-5-6-23-17(21)19-10-13-7-14(11-19)9-15(8-13)12-19;1-5-17(3,4)16(19)20-12(2)21-18-9-13-6-14(10-18)8-15(7-13)11-18/h14-16H,8-13H2,1-7H3;13-16H,5-12H2,1-4H3;11-18H,5-10H2,1-4H3;13-15H,4-12H2,1-3H3;12-15H,5-11H2,1-4H3. The number of rotatable bonds is 25. The first-order valence-corrected chi connectivity index (χ1v) is 47.0. The van der Waals surface area contributed by atoms with E-state index in [1.165, 1.54) is 148 Å². The molecule has 18 bridgehead atoms. The van der Waals surface area contributed by atoms with E-state index in [2.05, 4.69) is 41.5 Å². The summed E-state index contributed by atoms with van der Waals surface area (Å²) < 4.78 is 52.0. The molecule has 14 unspecified atom stereocenters. The predicted molar refractivity (Wildman–Crippen MR) is 442 cm³/mol. The van der Waals surface area contributed by atoms with E-state index >= 15 is 0 Å². The number of hydrogen-bond acceptors (Lipinski definition) is 16. The average Bonchev–Trinajstić information content (AvgIpc) is 1.52. The van der Waals surface area contributed by atoms with Crippen LogP contribution in [0.3, 0.4) is 0 Å². The normalized spacial score (nSPS) is 40.4. The van der Waals surface area contributed by atoms with Crippen LogP contribution in [0, 0.1) is 156 Å². The summed E-state index contributed by atoms with van der Waals surface area (Å²) in [6, 6.07) is 0. The van der Waals surface area contributed by atoms with Crippen LogP contribution in [-0.4, -0.2) is 97.1 Å². The van der Waals surface area contributed by atoms with E-state index in [-0.39, 0.29) is 101 Å². The summed E-state index contributed by atoms with van der Waals surface area (Å²) in [4.78, 5) is 86.0. The molecule has 19 fully saturated rings. The molecular weight excluding hydrogens is 1430 g/mol. The molecule has 1 spiro atoms. The Balaban J connectivity index is 0.000000132. The van der Waals surface area contributed by atoms with Crippen LogP contribution in [0.25, 0.3) is 0 Å². The Morgan fingerprint density at radius 3 is 1.35 bits per heavy atom. The Hall–Kier alpha value is -3.79. The fourth-order valence-corrected chi connectivity index (χ4v) is 28.1. The number of hydrogen-bond donors (Lipinski definition) is 0. The first kappa shape index (κ1) is 89.5. The van der Waals surface area contributed by atoms with Crippen molar-refractivity contribution in [2.24, 2.45) is 156 Å². The second kappa shape index (κ2) is 33.9. The molecule has 14 atom stereocenters. The number of carbonyl (C=O) groups is 7. The van der Waals surface area contributed by atoms with E-state index in [1.807, 2.05) is 111 Å². The molecule has 19 aliphatic carbocycles. The van der Waals surface area contributed by atoms with Crippen LogP contribution in [0.1, 0.15) is 364 Å². The van der Waals surface area contributed by atoms with E-state index in [4.69, 9.17) is 42.6 Å². The van der Waals surface area contributed by atoms with E-state index in [0.717, 1.165) is 152 Å². The molecule has 0 amide bonds. The van der Waals surface area contributed by atoms with Gasteiger partial charge in [-0.05, 0) is 420 Å². The topological polar surface area (TPSA) is 203 Å². The second-order valence-corrected chi connectivity index (χ2v) is 45.8. The molecule has 0 N–H and O–H groups in total. The number of esters is 7. The van der Waals surface area contributed by atoms with Gasteiger partial charge in [0, 0.05) is 5.92 Å². The summed E-state index contributed by atoms with van der Waals surface area (Å²) in [5.74, 6) is 14.3. The van der Waals surface area contributed by atoms with Gasteiger partial charge in [0.1, 0.15) is 31.0 Å². The molecule has 19 aliphatic rings. The highest BCUT2D eigenvalue weighted by molar-refractivity contribution is 5.79. The summed E-state index contributed by atoms with van der Waals surface area (Å²) in [7, 11) is 0. The highest BCUT2D eigenvalue weighted by Crippen LogP contribution is 2.74. The van der Waals surface area contributed by atoms with Crippen molar-refractivity contribution >= 4 is 41.8 Å². The van der Waals surface area contributed by atoms with Crippen LogP contribution >= 0.6 is 0 Å². The van der Waals surface area contributed by atoms with Crippen LogP contribution < -0.4 is 0 Å². The van der Waals surface area contributed by atoms with E-state index < -0.39 is 34.2 Å². The van der Waals surface area contributed by atoms with Crippen molar-refractivity contribution < 1.29 is 76.2 Å². The third-order valence-corrected chi connectivity index (χ3v) is 35.9. The SMILES string of the molecule is CCC(C)(C)C(=O)OC(C)OC12CC3CC(CC(C3)C1)C2.CCC(C)(C)C(=O)OC(C)OC1CC2CC1C1C3CCC(C3)C21.CCC(C)(C)C(=O)OC1(C)CCC23CC1C(C)(C)C2CCC3C.CCC(C)(C)C(=O)OCCC(=O)OC1(C)C2CC3CC(C2)CC1C3.CCC(C)(C)C(=O)OCCOC(=O)C12CC3CC(CC(C3)C1)C2. The molecule has 114 heavy (non-hydrogen) atoms. The first-order valence-electron chi connectivity index (χ1n) is 47.0. The van der Waals surface area contributed by atoms with Crippen LogP contribution in [0.4, 0.5) is 0 Å². The van der Waals surface area contributed by atoms with Gasteiger partial charge in [0.15, 0.2) is 6.29 Å². The Labute approximate surface area is 689 Å². The van der Waals surface area contributed by atoms with Crippen LogP contribution in [-0.2, 0) is 76.2 Å². The fourth-order valence-electron chi connectivity index (χ4n) is 28.1. The molecule has 0 heterocycles. The molecule has 0 saturated heterocycles. The zero-order valence-corrected chi connectivity index (χ0v) is 75.7. The Morgan fingerprint density at radius 1 is 0.412 bits per heavy atom. The molecular formula is C98H160O16. The Kier molecular flexibility index (Phi) is 26.6. The second-order valence-electron chi connectivity index (χ2n) is 45.8. The van der Waals surface area contributed by atoms with E-state index in [9.17, 15) is 33.6 Å². The van der Waals surface area contributed by atoms with Gasteiger partial charge in [-0.1, -0.05) is 55.4 Å². The molecule has 16 heteroatoms. The van der Waals surface area contributed by atoms with Crippen molar-refractivity contribution in [3.05, 3.63) is 0 Å². The van der Waals surface area contributed by atoms with Gasteiger partial charge in [-0.15, -0.1) is 0 Å². The van der Waals surface area contributed by atoms with Gasteiger partial charge in [0.2, 0.25) is 6.29 Å². The van der Waals surface area contributed by atoms with Crippen LogP contribution in [0.5, 0.6) is 0 Å². The first-order chi connectivity index (χ1) is 53.3. The van der Waals surface area contributed by atoms with E-state index in [0.29, 0.717) is 29.3 Å². The Morgan fingerprint density at radius 2 is 0.851 bits per heavy atom. The summed E-state index contributed by atoms with van der Waals surface area (Å²) in [5.41, 5.74) is -2.13. The van der Waals surface area contributed by atoms with Gasteiger partial charge in [-0.25, -0.2) is 0 Å². The van der Waals surface area contributed by atoms with Gasteiger partial charge in [-0.3, -0.25) is 33.6 Å². The van der Waals surface area contributed by atoms with Crippen molar-refractivity contribution in [2.45, 2.75) is 400 Å². The lowest BCUT2D eigenvalue weighted by molar-refractivity contribution is -0.248. The summed E-state index contributed by atoms with van der Waals surface area (Å²) >= 11 is 0. The highest BCUT2D eigenvalue weighted by Gasteiger charge is 2.70. The lowest BCUT2D eigenvalue weighted by Gasteiger charge is -2.59. The quantitative estimate of drug-likeness (QED) is 0.0274. The van der Waals surface area contributed by atoms with Gasteiger partial charge >= 0.3 is 41.8 Å². The van der Waals surface area contributed by atoms with Crippen molar-refractivity contribution in [3.63, 3.8) is 0 Å². The van der Waals surface area contributed by atoms with Crippen LogP contribution in [0.2, 0.25) is 0 Å². The van der Waals surface area contributed by atoms with Crippen molar-refractivity contribution in [1.29, 1.82) is 0 Å². The monoisotopic (exact) mass is 1590 g/mol. The summed E-state index contributed by atoms with van der Waals surface area (Å²) in [6.07, 6.45) is 37.9. The highest BCUT2D eigenvalue weighted by atomic mass is 16.7. The number of carbonyl (C=O) groups excluding carboxylic acids is 7. The number of ether oxygens (including phenoxy) is 9. The predicted octanol–water partition coefficient (Wildman–Crippen LogP) is 22.1. The van der Waals surface area contributed by atoms with Gasteiger partial charge < -0.3 is 42.6 Å². The van der Waals surface area contributed by atoms with Crippen molar-refractivity contribution in [3.8, 4) is 0 Å². The molecule has 0 aromatic rings.